The summed E-state index contributed by atoms with van der Waals surface area (Å²) in [6, 6.07) is 8.38. The third-order valence-electron chi connectivity index (χ3n) is 3.92. The number of nitrogens with zero attached hydrogens (tertiary/aromatic N) is 1. The Bertz CT molecular complexity index is 619. The van der Waals surface area contributed by atoms with E-state index >= 15 is 0 Å². The smallest absolute Gasteiger partial charge is 0.123 e. The fourth-order valence-corrected chi connectivity index (χ4v) is 4.35. The molecule has 7 heteroatoms. The number of hydrogen-bond acceptors (Lipinski definition) is 4. The third kappa shape index (κ3) is 4.62. The van der Waals surface area contributed by atoms with Crippen molar-refractivity contribution in [1.82, 2.24) is 10.2 Å². The van der Waals surface area contributed by atoms with Gasteiger partial charge in [-0.1, -0.05) is 22.0 Å². The molecule has 1 aliphatic heterocycles. The van der Waals surface area contributed by atoms with Crippen LogP contribution in [0, 0.1) is 6.92 Å². The van der Waals surface area contributed by atoms with Gasteiger partial charge in [-0.25, -0.2) is 0 Å². The molecule has 1 aromatic heterocycles. The zero-order valence-corrected chi connectivity index (χ0v) is 16.8. The summed E-state index contributed by atoms with van der Waals surface area (Å²) in [6.45, 7) is 5.93. The van der Waals surface area contributed by atoms with Gasteiger partial charge in [-0.3, -0.25) is 4.90 Å². The first-order valence-electron chi connectivity index (χ1n) is 7.14. The van der Waals surface area contributed by atoms with E-state index in [1.165, 1.54) is 4.88 Å². The number of benzene rings is 1. The lowest BCUT2D eigenvalue weighted by Gasteiger charge is -2.35. The third-order valence-corrected chi connectivity index (χ3v) is 5.30. The largest absolute Gasteiger partial charge is 0.507 e. The van der Waals surface area contributed by atoms with Gasteiger partial charge >= 0.3 is 0 Å². The number of phenols is 1. The van der Waals surface area contributed by atoms with Gasteiger partial charge in [-0.05, 0) is 36.1 Å². The molecule has 1 atom stereocenters. The second-order valence-electron chi connectivity index (χ2n) is 5.36. The van der Waals surface area contributed by atoms with Crippen LogP contribution in [0.4, 0.5) is 0 Å². The number of nitrogens with one attached hydrogen (secondary N) is 1. The second-order valence-corrected chi connectivity index (χ2v) is 7.26. The van der Waals surface area contributed by atoms with Crippen molar-refractivity contribution in [1.29, 1.82) is 0 Å². The molecule has 0 radical (unpaired) electrons. The molecule has 2 N–H and O–H groups in total. The minimum absolute atomic E-state index is 0. The molecular weight excluding hydrogens is 419 g/mol. The molecule has 2 heterocycles. The van der Waals surface area contributed by atoms with E-state index in [1.807, 2.05) is 13.0 Å². The number of aromatic hydroxyl groups is 1. The quantitative estimate of drug-likeness (QED) is 0.745. The first-order valence-corrected chi connectivity index (χ1v) is 8.81. The molecule has 0 saturated carbocycles. The van der Waals surface area contributed by atoms with E-state index in [1.54, 1.807) is 11.3 Å². The highest BCUT2D eigenvalue weighted by Crippen LogP contribution is 2.39. The van der Waals surface area contributed by atoms with Gasteiger partial charge in [0.2, 0.25) is 0 Å². The molecule has 3 rings (SSSR count). The van der Waals surface area contributed by atoms with Crippen LogP contribution >= 0.6 is 52.1 Å². The number of thiophene rings is 1. The summed E-state index contributed by atoms with van der Waals surface area (Å²) < 4.78 is 1.02. The van der Waals surface area contributed by atoms with Crippen LogP contribution in [0.2, 0.25) is 0 Å². The van der Waals surface area contributed by atoms with Gasteiger partial charge in [0.25, 0.3) is 0 Å². The number of rotatable bonds is 3. The fraction of sp³-hybridized carbons (Fsp3) is 0.375. The van der Waals surface area contributed by atoms with Gasteiger partial charge in [0, 0.05) is 41.1 Å². The summed E-state index contributed by atoms with van der Waals surface area (Å²) in [4.78, 5) is 3.73. The van der Waals surface area contributed by atoms with Crippen LogP contribution < -0.4 is 5.32 Å². The lowest BCUT2D eigenvalue weighted by atomic mass is 9.99. The fourth-order valence-electron chi connectivity index (χ4n) is 2.89. The van der Waals surface area contributed by atoms with E-state index < -0.39 is 0 Å². The van der Waals surface area contributed by atoms with Crippen molar-refractivity contribution < 1.29 is 5.11 Å². The predicted molar refractivity (Wildman–Crippen MR) is 106 cm³/mol. The van der Waals surface area contributed by atoms with E-state index in [0.29, 0.717) is 5.75 Å². The van der Waals surface area contributed by atoms with Crippen LogP contribution in [-0.4, -0.2) is 36.2 Å². The van der Waals surface area contributed by atoms with Crippen molar-refractivity contribution in [2.45, 2.75) is 13.0 Å². The normalized spacial score (nSPS) is 16.3. The summed E-state index contributed by atoms with van der Waals surface area (Å²) in [6.07, 6.45) is 0. The molecule has 3 nitrogen and oxygen atoms in total. The van der Waals surface area contributed by atoms with Crippen molar-refractivity contribution in [2.24, 2.45) is 0 Å². The predicted octanol–water partition coefficient (Wildman–Crippen LogP) is 4.36. The monoisotopic (exact) mass is 438 g/mol. The van der Waals surface area contributed by atoms with Crippen LogP contribution in [0.25, 0.3) is 0 Å². The summed E-state index contributed by atoms with van der Waals surface area (Å²) in [7, 11) is 0. The minimum Gasteiger partial charge on any atom is -0.507 e. The van der Waals surface area contributed by atoms with Crippen molar-refractivity contribution in [3.05, 3.63) is 50.1 Å². The van der Waals surface area contributed by atoms with Gasteiger partial charge < -0.3 is 10.4 Å². The summed E-state index contributed by atoms with van der Waals surface area (Å²) in [5.41, 5.74) is 1.90. The average Bonchev–Trinajstić information content (AvgIpc) is 2.99. The van der Waals surface area contributed by atoms with Crippen molar-refractivity contribution >= 4 is 52.1 Å². The summed E-state index contributed by atoms with van der Waals surface area (Å²) in [5, 5.41) is 16.1. The van der Waals surface area contributed by atoms with Crippen LogP contribution in [0.1, 0.15) is 22.0 Å². The van der Waals surface area contributed by atoms with E-state index in [9.17, 15) is 5.11 Å². The van der Waals surface area contributed by atoms with Crippen LogP contribution in [-0.2, 0) is 0 Å². The van der Waals surface area contributed by atoms with Crippen molar-refractivity contribution in [3.63, 3.8) is 0 Å². The number of halogens is 3. The molecule has 0 unspecified atom stereocenters. The van der Waals surface area contributed by atoms with Crippen LogP contribution in [0.15, 0.2) is 34.1 Å². The minimum atomic E-state index is 0. The Labute approximate surface area is 162 Å². The maximum absolute atomic E-state index is 10.6. The Balaban J connectivity index is 0.00000132. The first-order chi connectivity index (χ1) is 10.2. The zero-order valence-electron chi connectivity index (χ0n) is 12.8. The van der Waals surface area contributed by atoms with Crippen LogP contribution in [0.5, 0.6) is 5.75 Å². The summed E-state index contributed by atoms with van der Waals surface area (Å²) in [5.74, 6) is 0.412. The molecule has 0 spiro atoms. The van der Waals surface area contributed by atoms with Crippen molar-refractivity contribution in [3.8, 4) is 5.75 Å². The highest BCUT2D eigenvalue weighted by molar-refractivity contribution is 9.10. The lowest BCUT2D eigenvalue weighted by molar-refractivity contribution is 0.198. The van der Waals surface area contributed by atoms with Gasteiger partial charge in [0.1, 0.15) is 5.75 Å². The maximum atomic E-state index is 10.6. The number of hydrogen-bond donors (Lipinski definition) is 2. The van der Waals surface area contributed by atoms with E-state index in [-0.39, 0.29) is 30.9 Å². The van der Waals surface area contributed by atoms with E-state index in [0.717, 1.165) is 41.8 Å². The Hall–Kier alpha value is -0.300. The standard InChI is InChI=1S/C16H19BrN2OS.2ClH/c1-11-9-12(17)10-13(16(11)20)15(14-3-2-8-21-14)19-6-4-18-5-7-19;;/h2-3,8-10,15,18,20H,4-7H2,1H3;2*1H/t15-;;/m1../s1. The molecule has 0 aliphatic carbocycles. The first kappa shape index (κ1) is 20.7. The van der Waals surface area contributed by atoms with E-state index in [2.05, 4.69) is 49.7 Å². The Morgan fingerprint density at radius 3 is 2.57 bits per heavy atom. The topological polar surface area (TPSA) is 35.5 Å². The Kier molecular flexibility index (Phi) is 8.35. The lowest BCUT2D eigenvalue weighted by Crippen LogP contribution is -2.45. The van der Waals surface area contributed by atoms with Gasteiger partial charge in [-0.15, -0.1) is 36.2 Å². The maximum Gasteiger partial charge on any atom is 0.123 e. The average molecular weight is 440 g/mol. The molecule has 0 bridgehead atoms. The molecule has 1 fully saturated rings. The van der Waals surface area contributed by atoms with E-state index in [4.69, 9.17) is 0 Å². The highest BCUT2D eigenvalue weighted by Gasteiger charge is 2.27. The van der Waals surface area contributed by atoms with Gasteiger partial charge in [0.15, 0.2) is 0 Å². The second kappa shape index (κ2) is 9.25. The van der Waals surface area contributed by atoms with Gasteiger partial charge in [-0.2, -0.15) is 0 Å². The number of piperazine rings is 1. The summed E-state index contributed by atoms with van der Waals surface area (Å²) >= 11 is 5.32. The Morgan fingerprint density at radius 1 is 1.26 bits per heavy atom. The van der Waals surface area contributed by atoms with Crippen molar-refractivity contribution in [2.75, 3.05) is 26.2 Å². The molecule has 1 saturated heterocycles. The SMILES string of the molecule is Cc1cc(Br)cc([C@H](c2cccs2)N2CCNCC2)c1O.Cl.Cl. The molecule has 1 aromatic carbocycles. The zero-order chi connectivity index (χ0) is 14.8. The molecular formula is C16H21BrCl2N2OS. The molecule has 1 aliphatic rings. The highest BCUT2D eigenvalue weighted by atomic mass is 79.9. The Morgan fingerprint density at radius 2 is 1.96 bits per heavy atom. The molecule has 128 valence electrons. The van der Waals surface area contributed by atoms with Crippen LogP contribution in [0.3, 0.4) is 0 Å². The number of aryl methyl sites for hydroxylation is 1. The van der Waals surface area contributed by atoms with Gasteiger partial charge in [0.05, 0.1) is 6.04 Å². The molecule has 23 heavy (non-hydrogen) atoms. The molecule has 2 aromatic rings. The number of phenolic OH excluding ortho intramolecular Hbond substituents is 1. The molecule has 0 amide bonds.